The summed E-state index contributed by atoms with van der Waals surface area (Å²) in [6.07, 6.45) is -5.13. The van der Waals surface area contributed by atoms with Crippen molar-refractivity contribution in [3.05, 3.63) is 11.6 Å². The fraction of sp³-hybridized carbons (Fsp3) is 0.893. The van der Waals surface area contributed by atoms with Gasteiger partial charge in [0, 0.05) is 6.42 Å². The summed E-state index contributed by atoms with van der Waals surface area (Å²) in [5.41, 5.74) is 0.727. The van der Waals surface area contributed by atoms with Gasteiger partial charge in [-0.2, -0.15) is 0 Å². The third-order valence-electron chi connectivity index (χ3n) is 7.46. The highest BCUT2D eigenvalue weighted by Gasteiger charge is 2.44. The van der Waals surface area contributed by atoms with E-state index in [-0.39, 0.29) is 25.2 Å². The number of carbonyl (C=O) groups is 1. The second-order valence-electron chi connectivity index (χ2n) is 11.3. The lowest BCUT2D eigenvalue weighted by Gasteiger charge is -2.42. The summed E-state index contributed by atoms with van der Waals surface area (Å²) in [6.45, 7) is 5.64. The quantitative estimate of drug-likeness (QED) is 0.0784. The Morgan fingerprint density at radius 3 is 2.03 bits per heavy atom. The minimum absolute atomic E-state index is 0.0376. The Balaban J connectivity index is 2.66. The lowest BCUT2D eigenvalue weighted by molar-refractivity contribution is -0.229. The van der Waals surface area contributed by atoms with Crippen LogP contribution in [0.4, 0.5) is 0 Å². The van der Waals surface area contributed by atoms with Crippen LogP contribution in [0.5, 0.6) is 0 Å². The van der Waals surface area contributed by atoms with E-state index >= 15 is 0 Å². The molecule has 11 heteroatoms. The van der Waals surface area contributed by atoms with E-state index in [0.29, 0.717) is 6.42 Å². The second kappa shape index (κ2) is 18.3. The van der Waals surface area contributed by atoms with Gasteiger partial charge >= 0.3 is 5.97 Å². The normalized spacial score (nSPS) is 28.9. The van der Waals surface area contributed by atoms with Crippen molar-refractivity contribution in [3.63, 3.8) is 0 Å². The van der Waals surface area contributed by atoms with Gasteiger partial charge in [0.15, 0.2) is 0 Å². The number of aliphatic carboxylic acids is 1. The van der Waals surface area contributed by atoms with E-state index in [4.69, 9.17) is 9.84 Å². The zero-order valence-corrected chi connectivity index (χ0v) is 23.5. The van der Waals surface area contributed by atoms with Crippen LogP contribution in [0.15, 0.2) is 11.6 Å². The van der Waals surface area contributed by atoms with Gasteiger partial charge in [-0.15, -0.1) is 0 Å². The molecule has 0 bridgehead atoms. The Bertz CT molecular complexity index is 718. The monoisotopic (exact) mass is 564 g/mol. The fourth-order valence-electron chi connectivity index (χ4n) is 5.13. The van der Waals surface area contributed by atoms with Crippen molar-refractivity contribution in [1.82, 2.24) is 0 Å². The number of hydrogen-bond donors (Lipinski definition) is 9. The van der Waals surface area contributed by atoms with Crippen LogP contribution in [0.25, 0.3) is 0 Å². The fourth-order valence-corrected chi connectivity index (χ4v) is 5.13. The molecule has 1 aliphatic heterocycles. The molecule has 1 saturated heterocycles. The standard InChI is InChI=1S/C28H52O11/c1-4-5-6-7-8-9-10-18(29)19(30)14-23-27(37)28(38)26(36)22(39-23)13-17(3)11-16(2)12-20(31)25(35)21(32)15-24(33)34/h11,16,18-23,25-32,35-38H,4-10,12-15H2,1-3H3,(H,33,34)/b17-11+/t16-,18-,19-,20+,21-,22+,23-,25-,26-,27-,28+/m1/s1. The van der Waals surface area contributed by atoms with Crippen LogP contribution in [0.3, 0.4) is 0 Å². The number of ether oxygens (including phenoxy) is 1. The van der Waals surface area contributed by atoms with Crippen molar-refractivity contribution < 1.29 is 55.5 Å². The molecule has 0 amide bonds. The Labute approximate surface area is 231 Å². The van der Waals surface area contributed by atoms with Gasteiger partial charge in [-0.1, -0.05) is 64.0 Å². The summed E-state index contributed by atoms with van der Waals surface area (Å²) in [5.74, 6) is -1.59. The predicted octanol–water partition coefficient (Wildman–Crippen LogP) is 0.619. The number of aliphatic hydroxyl groups excluding tert-OH is 8. The predicted molar refractivity (Wildman–Crippen MR) is 144 cm³/mol. The average molecular weight is 565 g/mol. The lowest BCUT2D eigenvalue weighted by atomic mass is 9.87. The lowest BCUT2D eigenvalue weighted by Crippen LogP contribution is -2.58. The highest BCUT2D eigenvalue weighted by atomic mass is 16.5. The summed E-state index contributed by atoms with van der Waals surface area (Å²) in [6, 6.07) is 0. The second-order valence-corrected chi connectivity index (χ2v) is 11.3. The minimum Gasteiger partial charge on any atom is -0.481 e. The Morgan fingerprint density at radius 1 is 0.821 bits per heavy atom. The molecular formula is C28H52O11. The summed E-state index contributed by atoms with van der Waals surface area (Å²) < 4.78 is 5.86. The topological polar surface area (TPSA) is 208 Å². The molecule has 11 nitrogen and oxygen atoms in total. The third-order valence-corrected chi connectivity index (χ3v) is 7.46. The first-order valence-corrected chi connectivity index (χ1v) is 14.3. The van der Waals surface area contributed by atoms with E-state index in [2.05, 4.69) is 6.92 Å². The number of allylic oxidation sites excluding steroid dienone is 1. The number of rotatable bonds is 19. The van der Waals surface area contributed by atoms with Crippen LogP contribution in [0, 0.1) is 5.92 Å². The summed E-state index contributed by atoms with van der Waals surface area (Å²) >= 11 is 0. The van der Waals surface area contributed by atoms with Gasteiger partial charge < -0.3 is 50.7 Å². The van der Waals surface area contributed by atoms with E-state index < -0.39 is 73.4 Å². The number of aliphatic hydroxyl groups is 8. The van der Waals surface area contributed by atoms with Gasteiger partial charge in [0.05, 0.1) is 43.0 Å². The molecule has 0 aliphatic carbocycles. The molecule has 0 spiro atoms. The molecular weight excluding hydrogens is 512 g/mol. The number of carboxylic acids is 1. The molecule has 0 radical (unpaired) electrons. The Hall–Kier alpha value is -1.15. The highest BCUT2D eigenvalue weighted by molar-refractivity contribution is 5.67. The molecule has 39 heavy (non-hydrogen) atoms. The van der Waals surface area contributed by atoms with E-state index in [0.717, 1.165) is 37.7 Å². The molecule has 1 aliphatic rings. The molecule has 0 unspecified atom stereocenters. The molecule has 0 saturated carbocycles. The minimum atomic E-state index is -1.62. The first-order chi connectivity index (χ1) is 18.3. The maximum Gasteiger partial charge on any atom is 0.306 e. The number of hydrogen-bond acceptors (Lipinski definition) is 10. The third kappa shape index (κ3) is 12.9. The molecule has 0 aromatic rings. The molecule has 230 valence electrons. The van der Waals surface area contributed by atoms with Crippen molar-refractivity contribution in [1.29, 1.82) is 0 Å². The molecule has 0 aromatic carbocycles. The van der Waals surface area contributed by atoms with Crippen LogP contribution >= 0.6 is 0 Å². The maximum atomic E-state index is 10.7. The average Bonchev–Trinajstić information content (AvgIpc) is 2.86. The van der Waals surface area contributed by atoms with Crippen LogP contribution < -0.4 is 0 Å². The Morgan fingerprint density at radius 2 is 1.41 bits per heavy atom. The largest absolute Gasteiger partial charge is 0.481 e. The molecule has 1 heterocycles. The smallest absolute Gasteiger partial charge is 0.306 e. The van der Waals surface area contributed by atoms with E-state index in [9.17, 15) is 45.6 Å². The van der Waals surface area contributed by atoms with Gasteiger partial charge in [0.1, 0.15) is 24.4 Å². The van der Waals surface area contributed by atoms with Gasteiger partial charge in [0.2, 0.25) is 0 Å². The summed E-state index contributed by atoms with van der Waals surface area (Å²) in [5, 5.41) is 90.8. The molecule has 11 atom stereocenters. The van der Waals surface area contributed by atoms with Crippen LogP contribution in [0.1, 0.15) is 91.4 Å². The molecule has 0 aromatic heterocycles. The van der Waals surface area contributed by atoms with Crippen molar-refractivity contribution in [3.8, 4) is 0 Å². The van der Waals surface area contributed by atoms with Gasteiger partial charge in [0.25, 0.3) is 0 Å². The molecule has 9 N–H and O–H groups in total. The van der Waals surface area contributed by atoms with E-state index in [1.165, 1.54) is 6.42 Å². The van der Waals surface area contributed by atoms with Gasteiger partial charge in [-0.25, -0.2) is 0 Å². The Kier molecular flexibility index (Phi) is 16.8. The van der Waals surface area contributed by atoms with Crippen molar-refractivity contribution in [2.24, 2.45) is 5.92 Å². The van der Waals surface area contributed by atoms with Crippen LogP contribution in [-0.2, 0) is 9.53 Å². The first kappa shape index (κ1) is 35.9. The van der Waals surface area contributed by atoms with Gasteiger partial charge in [-0.05, 0) is 32.1 Å². The highest BCUT2D eigenvalue weighted by Crippen LogP contribution is 2.29. The number of carboxylic acid groups (broad SMARTS) is 1. The maximum absolute atomic E-state index is 10.7. The van der Waals surface area contributed by atoms with E-state index in [1.54, 1.807) is 19.9 Å². The van der Waals surface area contributed by atoms with Gasteiger partial charge in [-0.3, -0.25) is 4.79 Å². The van der Waals surface area contributed by atoms with Crippen LogP contribution in [0.2, 0.25) is 0 Å². The molecule has 1 fully saturated rings. The summed E-state index contributed by atoms with van der Waals surface area (Å²) in [4.78, 5) is 10.7. The van der Waals surface area contributed by atoms with E-state index in [1.807, 2.05) is 0 Å². The zero-order chi connectivity index (χ0) is 29.7. The number of unbranched alkanes of at least 4 members (excludes halogenated alkanes) is 5. The SMILES string of the molecule is CCCCCCCC[C@@H](O)[C@H](O)C[C@H]1O[C@@H](C/C(C)=C/[C@@H](C)C[C@H](O)[C@@H](O)[C@H](O)CC(=O)O)[C@@H](O)[C@H](O)[C@@H]1O. The van der Waals surface area contributed by atoms with Crippen molar-refractivity contribution >= 4 is 5.97 Å². The van der Waals surface area contributed by atoms with Crippen molar-refractivity contribution in [2.45, 2.75) is 152 Å². The molecule has 1 rings (SSSR count). The van der Waals surface area contributed by atoms with Crippen molar-refractivity contribution in [2.75, 3.05) is 0 Å². The first-order valence-electron chi connectivity index (χ1n) is 14.3. The van der Waals surface area contributed by atoms with Crippen LogP contribution in [-0.4, -0.2) is 113 Å². The summed E-state index contributed by atoms with van der Waals surface area (Å²) in [7, 11) is 0. The zero-order valence-electron chi connectivity index (χ0n) is 23.5.